The van der Waals surface area contributed by atoms with Crippen molar-refractivity contribution >= 4 is 0 Å². The first-order chi connectivity index (χ1) is 13.1. The molecule has 0 unspecified atom stereocenters. The van der Waals surface area contributed by atoms with Crippen LogP contribution in [0.3, 0.4) is 0 Å². The summed E-state index contributed by atoms with van der Waals surface area (Å²) in [6, 6.07) is 10.8. The van der Waals surface area contributed by atoms with Gasteiger partial charge in [0, 0.05) is 37.1 Å². The lowest BCUT2D eigenvalue weighted by Gasteiger charge is -2.20. The third-order valence-corrected chi connectivity index (χ3v) is 5.01. The van der Waals surface area contributed by atoms with Gasteiger partial charge in [-0.05, 0) is 50.8 Å². The Kier molecular flexibility index (Phi) is 4.96. The van der Waals surface area contributed by atoms with Crippen molar-refractivity contribution < 1.29 is 4.39 Å². The number of aromatic nitrogens is 4. The molecule has 0 radical (unpaired) electrons. The van der Waals surface area contributed by atoms with Crippen molar-refractivity contribution in [3.63, 3.8) is 0 Å². The molecule has 0 aliphatic carbocycles. The molecule has 2 aromatic heterocycles. The van der Waals surface area contributed by atoms with Gasteiger partial charge in [-0.1, -0.05) is 6.07 Å². The third kappa shape index (κ3) is 3.89. The average molecular weight is 366 g/mol. The van der Waals surface area contributed by atoms with E-state index in [4.69, 9.17) is 4.98 Å². The quantitative estimate of drug-likeness (QED) is 0.695. The molecule has 1 aliphatic heterocycles. The topological polar surface area (TPSA) is 50.1 Å². The number of benzene rings is 1. The highest BCUT2D eigenvalue weighted by atomic mass is 19.1. The molecular formula is C20H23FN6. The summed E-state index contributed by atoms with van der Waals surface area (Å²) in [4.78, 5) is 13.5. The van der Waals surface area contributed by atoms with Crippen molar-refractivity contribution in [2.24, 2.45) is 0 Å². The Bertz CT molecular complexity index is 908. The normalized spacial score (nSPS) is 17.7. The summed E-state index contributed by atoms with van der Waals surface area (Å²) >= 11 is 0. The van der Waals surface area contributed by atoms with Gasteiger partial charge in [-0.25, -0.2) is 14.1 Å². The lowest BCUT2D eigenvalue weighted by molar-refractivity contribution is 0.260. The maximum absolute atomic E-state index is 13.8. The highest BCUT2D eigenvalue weighted by Gasteiger charge is 2.26. The highest BCUT2D eigenvalue weighted by molar-refractivity contribution is 5.54. The van der Waals surface area contributed by atoms with Gasteiger partial charge in [-0.2, -0.15) is 0 Å². The molecule has 3 heterocycles. The van der Waals surface area contributed by atoms with Crippen LogP contribution in [0.1, 0.15) is 12.2 Å². The van der Waals surface area contributed by atoms with Gasteiger partial charge in [0.15, 0.2) is 5.82 Å². The molecule has 7 heteroatoms. The second kappa shape index (κ2) is 7.54. The zero-order valence-electron chi connectivity index (χ0n) is 15.6. The molecular weight excluding hydrogens is 343 g/mol. The van der Waals surface area contributed by atoms with Crippen LogP contribution < -0.4 is 0 Å². The number of nitrogens with zero attached hydrogens (tertiary/aromatic N) is 6. The van der Waals surface area contributed by atoms with Crippen molar-refractivity contribution in [3.05, 3.63) is 60.4 Å². The first-order valence-corrected chi connectivity index (χ1v) is 9.11. The van der Waals surface area contributed by atoms with Crippen molar-refractivity contribution in [2.75, 3.05) is 27.2 Å². The molecule has 1 aliphatic rings. The van der Waals surface area contributed by atoms with E-state index in [0.717, 1.165) is 30.9 Å². The second-order valence-electron chi connectivity index (χ2n) is 7.12. The number of halogens is 1. The Balaban J connectivity index is 1.67. The Labute approximate surface area is 158 Å². The van der Waals surface area contributed by atoms with Gasteiger partial charge in [-0.15, -0.1) is 5.10 Å². The second-order valence-corrected chi connectivity index (χ2v) is 7.12. The van der Waals surface area contributed by atoms with E-state index in [1.165, 1.54) is 12.1 Å². The monoisotopic (exact) mass is 366 g/mol. The number of hydrogen-bond donors (Lipinski definition) is 0. The van der Waals surface area contributed by atoms with Gasteiger partial charge in [-0.3, -0.25) is 9.88 Å². The fourth-order valence-electron chi connectivity index (χ4n) is 3.46. The van der Waals surface area contributed by atoms with E-state index in [1.807, 2.05) is 18.2 Å². The average Bonchev–Trinajstić information content (AvgIpc) is 3.30. The molecule has 1 atom stereocenters. The molecule has 0 amide bonds. The van der Waals surface area contributed by atoms with Crippen molar-refractivity contribution in [3.8, 4) is 17.1 Å². The molecule has 0 saturated carbocycles. The summed E-state index contributed by atoms with van der Waals surface area (Å²) in [5, 5.41) is 4.66. The molecule has 140 valence electrons. The number of rotatable bonds is 5. The standard InChI is InChI=1S/C20H23FN6/c1-25(2)18-8-11-26(13-18)14-19-23-20(15-6-9-22-10-7-15)24-27(19)17-5-3-4-16(21)12-17/h3-7,9-10,12,18H,8,11,13-14H2,1-2H3/t18-/m0/s1. The molecule has 1 fully saturated rings. The Morgan fingerprint density at radius 3 is 2.70 bits per heavy atom. The van der Waals surface area contributed by atoms with E-state index in [1.54, 1.807) is 23.1 Å². The highest BCUT2D eigenvalue weighted by Crippen LogP contribution is 2.21. The molecule has 4 rings (SSSR count). The van der Waals surface area contributed by atoms with E-state index in [9.17, 15) is 4.39 Å². The van der Waals surface area contributed by atoms with Crippen LogP contribution in [0.15, 0.2) is 48.8 Å². The van der Waals surface area contributed by atoms with Crippen LogP contribution in [0.2, 0.25) is 0 Å². The predicted octanol–water partition coefficient (Wildman–Crippen LogP) is 2.60. The maximum atomic E-state index is 13.8. The smallest absolute Gasteiger partial charge is 0.182 e. The minimum Gasteiger partial charge on any atom is -0.305 e. The van der Waals surface area contributed by atoms with E-state index in [0.29, 0.717) is 24.1 Å². The molecule has 1 aromatic carbocycles. The van der Waals surface area contributed by atoms with Gasteiger partial charge in [0.2, 0.25) is 0 Å². The number of hydrogen-bond acceptors (Lipinski definition) is 5. The van der Waals surface area contributed by atoms with Crippen LogP contribution >= 0.6 is 0 Å². The summed E-state index contributed by atoms with van der Waals surface area (Å²) in [6.45, 7) is 2.69. The first-order valence-electron chi connectivity index (χ1n) is 9.11. The van der Waals surface area contributed by atoms with Gasteiger partial charge >= 0.3 is 0 Å². The molecule has 1 saturated heterocycles. The molecule has 0 N–H and O–H groups in total. The van der Waals surface area contributed by atoms with Crippen molar-refractivity contribution in [2.45, 2.75) is 19.0 Å². The minimum absolute atomic E-state index is 0.284. The molecule has 0 bridgehead atoms. The van der Waals surface area contributed by atoms with Crippen molar-refractivity contribution in [1.82, 2.24) is 29.5 Å². The summed E-state index contributed by atoms with van der Waals surface area (Å²) in [6.07, 6.45) is 4.58. The summed E-state index contributed by atoms with van der Waals surface area (Å²) in [7, 11) is 4.23. The molecule has 0 spiro atoms. The fourth-order valence-corrected chi connectivity index (χ4v) is 3.46. The zero-order valence-corrected chi connectivity index (χ0v) is 15.6. The van der Waals surface area contributed by atoms with E-state index < -0.39 is 0 Å². The van der Waals surface area contributed by atoms with Gasteiger partial charge < -0.3 is 4.90 Å². The van der Waals surface area contributed by atoms with Gasteiger partial charge in [0.25, 0.3) is 0 Å². The molecule has 27 heavy (non-hydrogen) atoms. The Morgan fingerprint density at radius 2 is 2.00 bits per heavy atom. The Morgan fingerprint density at radius 1 is 1.19 bits per heavy atom. The summed E-state index contributed by atoms with van der Waals surface area (Å²) < 4.78 is 15.5. The minimum atomic E-state index is -0.284. The van der Waals surface area contributed by atoms with Crippen LogP contribution in [-0.2, 0) is 6.54 Å². The SMILES string of the molecule is CN(C)[C@H]1CCN(Cc2nc(-c3ccncc3)nn2-c2cccc(F)c2)C1. The lowest BCUT2D eigenvalue weighted by Crippen LogP contribution is -2.31. The number of pyridine rings is 1. The largest absolute Gasteiger partial charge is 0.305 e. The van der Waals surface area contributed by atoms with Crippen molar-refractivity contribution in [1.29, 1.82) is 0 Å². The maximum Gasteiger partial charge on any atom is 0.182 e. The van der Waals surface area contributed by atoms with Crippen LogP contribution in [0.25, 0.3) is 17.1 Å². The number of likely N-dealkylation sites (tertiary alicyclic amines) is 1. The van der Waals surface area contributed by atoms with E-state index in [-0.39, 0.29) is 5.82 Å². The fraction of sp³-hybridized carbons (Fsp3) is 0.350. The lowest BCUT2D eigenvalue weighted by atomic mass is 10.2. The molecule has 3 aromatic rings. The predicted molar refractivity (Wildman–Crippen MR) is 102 cm³/mol. The van der Waals surface area contributed by atoms with Crippen LogP contribution in [-0.4, -0.2) is 62.8 Å². The van der Waals surface area contributed by atoms with Crippen LogP contribution in [0.4, 0.5) is 4.39 Å². The van der Waals surface area contributed by atoms with Crippen LogP contribution in [0.5, 0.6) is 0 Å². The van der Waals surface area contributed by atoms with E-state index in [2.05, 4.69) is 34.0 Å². The summed E-state index contributed by atoms with van der Waals surface area (Å²) in [5.74, 6) is 1.15. The van der Waals surface area contributed by atoms with E-state index >= 15 is 0 Å². The summed E-state index contributed by atoms with van der Waals surface area (Å²) in [5.41, 5.74) is 1.58. The van der Waals surface area contributed by atoms with Gasteiger partial charge in [0.1, 0.15) is 11.6 Å². The van der Waals surface area contributed by atoms with Gasteiger partial charge in [0.05, 0.1) is 12.2 Å². The third-order valence-electron chi connectivity index (χ3n) is 5.01. The Hall–Kier alpha value is -2.64. The molecule has 6 nitrogen and oxygen atoms in total. The van der Waals surface area contributed by atoms with Crippen LogP contribution in [0, 0.1) is 5.82 Å². The zero-order chi connectivity index (χ0) is 18.8. The first kappa shape index (κ1) is 17.8. The number of likely N-dealkylation sites (N-methyl/N-ethyl adjacent to an activating group) is 1.